The largest absolute Gasteiger partial charge is 0.482 e. The van der Waals surface area contributed by atoms with Crippen LogP contribution in [0.15, 0.2) is 28.8 Å². The Balaban J connectivity index is 2.04. The molecule has 0 fully saturated rings. The monoisotopic (exact) mass is 357 g/mol. The van der Waals surface area contributed by atoms with Gasteiger partial charge in [0.05, 0.1) is 10.0 Å². The lowest BCUT2D eigenvalue weighted by Gasteiger charge is -2.22. The summed E-state index contributed by atoms with van der Waals surface area (Å²) < 4.78 is 10.6. The molecule has 6 nitrogen and oxygen atoms in total. The standard InChI is InChI=1S/C15H17Cl2N3O3/c1-9(7-18)20(2)15(21)13-6-10(23-19-13)8-22-14-11(16)4-3-5-12(14)17/h3-6,9H,7-8,18H2,1-2H3. The highest BCUT2D eigenvalue weighted by Crippen LogP contribution is 2.32. The fourth-order valence-electron chi connectivity index (χ4n) is 1.78. The van der Waals surface area contributed by atoms with Crippen LogP contribution in [0.4, 0.5) is 0 Å². The zero-order valence-electron chi connectivity index (χ0n) is 12.8. The second kappa shape index (κ2) is 7.68. The first kappa shape index (κ1) is 17.6. The maximum absolute atomic E-state index is 12.2. The number of likely N-dealkylation sites (N-methyl/N-ethyl adjacent to an activating group) is 1. The summed E-state index contributed by atoms with van der Waals surface area (Å²) in [7, 11) is 1.66. The summed E-state index contributed by atoms with van der Waals surface area (Å²) >= 11 is 12.0. The molecule has 1 aromatic heterocycles. The fraction of sp³-hybridized carbons (Fsp3) is 0.333. The van der Waals surface area contributed by atoms with Crippen molar-refractivity contribution < 1.29 is 14.1 Å². The quantitative estimate of drug-likeness (QED) is 0.859. The van der Waals surface area contributed by atoms with Gasteiger partial charge < -0.3 is 19.9 Å². The Labute approximate surface area is 144 Å². The van der Waals surface area contributed by atoms with Crippen molar-refractivity contribution in [3.8, 4) is 5.75 Å². The highest BCUT2D eigenvalue weighted by Gasteiger charge is 2.20. The fourth-order valence-corrected chi connectivity index (χ4v) is 2.29. The summed E-state index contributed by atoms with van der Waals surface area (Å²) in [5, 5.41) is 4.54. The number of carbonyl (C=O) groups is 1. The molecule has 1 amide bonds. The molecule has 2 N–H and O–H groups in total. The number of aromatic nitrogens is 1. The zero-order chi connectivity index (χ0) is 17.0. The van der Waals surface area contributed by atoms with Crippen LogP contribution in [-0.2, 0) is 6.61 Å². The van der Waals surface area contributed by atoms with Crippen molar-refractivity contribution in [1.29, 1.82) is 0 Å². The van der Waals surface area contributed by atoms with Crippen molar-refractivity contribution in [2.24, 2.45) is 5.73 Å². The average molecular weight is 358 g/mol. The van der Waals surface area contributed by atoms with Crippen LogP contribution >= 0.6 is 23.2 Å². The van der Waals surface area contributed by atoms with E-state index in [1.807, 2.05) is 6.92 Å². The van der Waals surface area contributed by atoms with Gasteiger partial charge in [-0.2, -0.15) is 0 Å². The van der Waals surface area contributed by atoms with Crippen molar-refractivity contribution in [3.63, 3.8) is 0 Å². The number of nitrogens with two attached hydrogens (primary N) is 1. The van der Waals surface area contributed by atoms with E-state index in [0.717, 1.165) is 0 Å². The third-order valence-corrected chi connectivity index (χ3v) is 3.97. The van der Waals surface area contributed by atoms with Gasteiger partial charge in [0.15, 0.2) is 17.2 Å². The minimum absolute atomic E-state index is 0.0554. The zero-order valence-corrected chi connectivity index (χ0v) is 14.3. The summed E-state index contributed by atoms with van der Waals surface area (Å²) in [4.78, 5) is 13.7. The molecule has 0 saturated carbocycles. The average Bonchev–Trinajstić information content (AvgIpc) is 3.01. The number of amides is 1. The second-order valence-corrected chi connectivity index (χ2v) is 5.83. The van der Waals surface area contributed by atoms with Crippen LogP contribution in [0.5, 0.6) is 5.75 Å². The number of hydrogen-bond donors (Lipinski definition) is 1. The normalized spacial score (nSPS) is 12.0. The van der Waals surface area contributed by atoms with Gasteiger partial charge >= 0.3 is 0 Å². The maximum Gasteiger partial charge on any atom is 0.276 e. The molecule has 0 spiro atoms. The highest BCUT2D eigenvalue weighted by molar-refractivity contribution is 6.37. The number of rotatable bonds is 6. The van der Waals surface area contributed by atoms with Crippen molar-refractivity contribution in [1.82, 2.24) is 10.1 Å². The minimum atomic E-state index is -0.270. The SMILES string of the molecule is CC(CN)N(C)C(=O)c1cc(COc2c(Cl)cccc2Cl)on1. The lowest BCUT2D eigenvalue weighted by Crippen LogP contribution is -2.39. The maximum atomic E-state index is 12.2. The van der Waals surface area contributed by atoms with Crippen LogP contribution in [0, 0.1) is 0 Å². The van der Waals surface area contributed by atoms with E-state index in [4.69, 9.17) is 38.2 Å². The molecule has 0 aliphatic rings. The Morgan fingerprint density at radius 3 is 2.70 bits per heavy atom. The highest BCUT2D eigenvalue weighted by atomic mass is 35.5. The van der Waals surface area contributed by atoms with E-state index < -0.39 is 0 Å². The molecule has 23 heavy (non-hydrogen) atoms. The van der Waals surface area contributed by atoms with Gasteiger partial charge in [0.1, 0.15) is 6.61 Å². The molecular weight excluding hydrogens is 341 g/mol. The molecule has 0 radical (unpaired) electrons. The molecule has 0 aliphatic carbocycles. The van der Waals surface area contributed by atoms with E-state index in [2.05, 4.69) is 5.16 Å². The van der Waals surface area contributed by atoms with Crippen molar-refractivity contribution in [2.45, 2.75) is 19.6 Å². The summed E-state index contributed by atoms with van der Waals surface area (Å²) in [6.07, 6.45) is 0. The summed E-state index contributed by atoms with van der Waals surface area (Å²) in [6, 6.07) is 6.48. The van der Waals surface area contributed by atoms with Crippen molar-refractivity contribution >= 4 is 29.1 Å². The number of ether oxygens (including phenoxy) is 1. The molecule has 0 bridgehead atoms. The Hall–Kier alpha value is -1.76. The molecule has 0 aliphatic heterocycles. The van der Waals surface area contributed by atoms with Crippen LogP contribution in [-0.4, -0.2) is 35.6 Å². The van der Waals surface area contributed by atoms with E-state index in [-0.39, 0.29) is 24.2 Å². The molecule has 2 aromatic rings. The number of carbonyl (C=O) groups excluding carboxylic acids is 1. The molecule has 1 heterocycles. The van der Waals surface area contributed by atoms with Gasteiger partial charge in [-0.1, -0.05) is 34.4 Å². The van der Waals surface area contributed by atoms with Gasteiger partial charge in [-0.25, -0.2) is 0 Å². The topological polar surface area (TPSA) is 81.6 Å². The van der Waals surface area contributed by atoms with E-state index in [1.54, 1.807) is 25.2 Å². The minimum Gasteiger partial charge on any atom is -0.482 e. The predicted octanol–water partition coefficient (Wildman–Crippen LogP) is 2.98. The summed E-state index contributed by atoms with van der Waals surface area (Å²) in [5.41, 5.74) is 5.74. The van der Waals surface area contributed by atoms with Gasteiger partial charge in [-0.05, 0) is 19.1 Å². The lowest BCUT2D eigenvalue weighted by molar-refractivity contribution is 0.0737. The van der Waals surface area contributed by atoms with Gasteiger partial charge in [-0.3, -0.25) is 4.79 Å². The number of nitrogens with zero attached hydrogens (tertiary/aromatic N) is 2. The Morgan fingerprint density at radius 1 is 1.43 bits per heavy atom. The summed E-state index contributed by atoms with van der Waals surface area (Å²) in [6.45, 7) is 2.27. The first-order valence-electron chi connectivity index (χ1n) is 6.93. The molecule has 124 valence electrons. The lowest BCUT2D eigenvalue weighted by atomic mass is 10.2. The predicted molar refractivity (Wildman–Crippen MR) is 87.9 cm³/mol. The van der Waals surface area contributed by atoms with E-state index in [9.17, 15) is 4.79 Å². The number of para-hydroxylation sites is 1. The number of benzene rings is 1. The van der Waals surface area contributed by atoms with Crippen LogP contribution in [0.25, 0.3) is 0 Å². The molecule has 1 aromatic carbocycles. The first-order valence-corrected chi connectivity index (χ1v) is 7.69. The van der Waals surface area contributed by atoms with Crippen molar-refractivity contribution in [2.75, 3.05) is 13.6 Å². The van der Waals surface area contributed by atoms with Crippen LogP contribution in [0.1, 0.15) is 23.2 Å². The third kappa shape index (κ3) is 4.16. The van der Waals surface area contributed by atoms with Crippen LogP contribution in [0.2, 0.25) is 10.0 Å². The summed E-state index contributed by atoms with van der Waals surface area (Å²) in [5.74, 6) is 0.473. The van der Waals surface area contributed by atoms with Gasteiger partial charge in [0.25, 0.3) is 5.91 Å². The van der Waals surface area contributed by atoms with E-state index in [0.29, 0.717) is 28.1 Å². The second-order valence-electron chi connectivity index (χ2n) is 5.02. The molecular formula is C15H17Cl2N3O3. The van der Waals surface area contributed by atoms with Gasteiger partial charge in [0.2, 0.25) is 0 Å². The van der Waals surface area contributed by atoms with Crippen molar-refractivity contribution in [3.05, 3.63) is 45.8 Å². The molecule has 1 unspecified atom stereocenters. The third-order valence-electron chi connectivity index (χ3n) is 3.38. The molecule has 2 rings (SSSR count). The van der Waals surface area contributed by atoms with Crippen LogP contribution < -0.4 is 10.5 Å². The number of halogens is 2. The molecule has 0 saturated heterocycles. The first-order chi connectivity index (χ1) is 10.9. The van der Waals surface area contributed by atoms with E-state index >= 15 is 0 Å². The van der Waals surface area contributed by atoms with Gasteiger partial charge in [0, 0.05) is 25.7 Å². The number of hydrogen-bond acceptors (Lipinski definition) is 5. The Kier molecular flexibility index (Phi) is 5.87. The molecule has 8 heteroatoms. The van der Waals surface area contributed by atoms with Gasteiger partial charge in [-0.15, -0.1) is 0 Å². The smallest absolute Gasteiger partial charge is 0.276 e. The van der Waals surface area contributed by atoms with Crippen LogP contribution in [0.3, 0.4) is 0 Å². The van der Waals surface area contributed by atoms with E-state index in [1.165, 1.54) is 11.0 Å². The molecule has 1 atom stereocenters. The Bertz CT molecular complexity index is 670. The Morgan fingerprint density at radius 2 is 2.09 bits per heavy atom.